The Kier molecular flexibility index (Phi) is 4.30. The third-order valence-corrected chi connectivity index (χ3v) is 4.65. The van der Waals surface area contributed by atoms with Gasteiger partial charge in [0.25, 0.3) is 0 Å². The lowest BCUT2D eigenvalue weighted by Crippen LogP contribution is -2.48. The molecule has 6 nitrogen and oxygen atoms in total. The predicted octanol–water partition coefficient (Wildman–Crippen LogP) is 0.616. The molecule has 1 atom stereocenters. The Hall–Kier alpha value is -1.59. The van der Waals surface area contributed by atoms with Crippen molar-refractivity contribution in [1.82, 2.24) is 10.2 Å². The Morgan fingerprint density at radius 3 is 2.50 bits per heavy atom. The first kappa shape index (κ1) is 14.8. The molecule has 1 saturated heterocycles. The number of carbonyl (C=O) groups excluding carboxylic acids is 2. The topological polar surface area (TPSA) is 86.7 Å². The van der Waals surface area contributed by atoms with Gasteiger partial charge >= 0.3 is 5.97 Å². The van der Waals surface area contributed by atoms with Gasteiger partial charge in [0.2, 0.25) is 11.8 Å². The van der Waals surface area contributed by atoms with Crippen LogP contribution in [0.3, 0.4) is 0 Å². The molecule has 2 fully saturated rings. The third-order valence-electron chi connectivity index (χ3n) is 4.65. The summed E-state index contributed by atoms with van der Waals surface area (Å²) in [6.45, 7) is 1.04. The lowest BCUT2D eigenvalue weighted by atomic mass is 9.66. The number of hydrogen-bond donors (Lipinski definition) is 2. The number of nitrogens with one attached hydrogen (secondary N) is 1. The van der Waals surface area contributed by atoms with Gasteiger partial charge in [0.1, 0.15) is 0 Å². The fourth-order valence-electron chi connectivity index (χ4n) is 3.09. The number of rotatable bonds is 4. The highest BCUT2D eigenvalue weighted by Crippen LogP contribution is 2.44. The summed E-state index contributed by atoms with van der Waals surface area (Å²) in [4.78, 5) is 36.9. The summed E-state index contributed by atoms with van der Waals surface area (Å²) in [7, 11) is 1.59. The first-order valence-electron chi connectivity index (χ1n) is 7.21. The largest absolute Gasteiger partial charge is 0.481 e. The summed E-state index contributed by atoms with van der Waals surface area (Å²) in [5, 5.41) is 11.9. The molecular formula is C14H22N2O4. The molecular weight excluding hydrogens is 260 g/mol. The van der Waals surface area contributed by atoms with Gasteiger partial charge in [-0.1, -0.05) is 6.42 Å². The quantitative estimate of drug-likeness (QED) is 0.791. The molecule has 2 rings (SSSR count). The third kappa shape index (κ3) is 2.78. The van der Waals surface area contributed by atoms with E-state index in [1.807, 2.05) is 0 Å². The number of aliphatic carboxylic acids is 1. The van der Waals surface area contributed by atoms with Crippen molar-refractivity contribution in [3.8, 4) is 0 Å². The van der Waals surface area contributed by atoms with Gasteiger partial charge in [-0.3, -0.25) is 14.4 Å². The van der Waals surface area contributed by atoms with Crippen LogP contribution in [-0.2, 0) is 14.4 Å². The van der Waals surface area contributed by atoms with E-state index >= 15 is 0 Å². The van der Waals surface area contributed by atoms with Gasteiger partial charge < -0.3 is 15.3 Å². The molecule has 1 saturated carbocycles. The van der Waals surface area contributed by atoms with E-state index < -0.39 is 11.4 Å². The van der Waals surface area contributed by atoms with E-state index in [1.165, 1.54) is 0 Å². The van der Waals surface area contributed by atoms with Crippen LogP contribution in [-0.4, -0.2) is 47.9 Å². The van der Waals surface area contributed by atoms with Gasteiger partial charge in [0.15, 0.2) is 0 Å². The van der Waals surface area contributed by atoms with Gasteiger partial charge in [-0.25, -0.2) is 0 Å². The number of hydrogen-bond acceptors (Lipinski definition) is 3. The zero-order valence-corrected chi connectivity index (χ0v) is 11.9. The molecule has 1 aliphatic carbocycles. The second-order valence-electron chi connectivity index (χ2n) is 5.91. The smallest absolute Gasteiger partial charge is 0.310 e. The Labute approximate surface area is 118 Å². The Morgan fingerprint density at radius 1 is 1.30 bits per heavy atom. The van der Waals surface area contributed by atoms with E-state index in [0.717, 1.165) is 19.3 Å². The molecule has 20 heavy (non-hydrogen) atoms. The molecule has 2 amide bonds. The number of nitrogens with zero attached hydrogens (tertiary/aromatic N) is 1. The van der Waals surface area contributed by atoms with Gasteiger partial charge in [-0.15, -0.1) is 0 Å². The summed E-state index contributed by atoms with van der Waals surface area (Å²) in [5.74, 6) is -1.20. The summed E-state index contributed by atoms with van der Waals surface area (Å²) in [5.41, 5.74) is -0.850. The first-order chi connectivity index (χ1) is 9.48. The normalized spacial score (nSPS) is 24.6. The highest BCUT2D eigenvalue weighted by molar-refractivity contribution is 5.86. The standard InChI is InChI=1S/C14H22N2O4/c1-15-12(18)10-4-2-7-16(9-10)11(17)8-14(13(19)20)5-3-6-14/h10H,2-9H2,1H3,(H,15,18)(H,19,20). The molecule has 0 radical (unpaired) electrons. The Morgan fingerprint density at radius 2 is 2.00 bits per heavy atom. The SMILES string of the molecule is CNC(=O)C1CCCN(C(=O)CC2(C(=O)O)CCC2)C1. The fraction of sp³-hybridized carbons (Fsp3) is 0.786. The molecule has 112 valence electrons. The van der Waals surface area contributed by atoms with Crippen molar-refractivity contribution in [3.05, 3.63) is 0 Å². The fourth-order valence-corrected chi connectivity index (χ4v) is 3.09. The van der Waals surface area contributed by atoms with E-state index in [9.17, 15) is 19.5 Å². The average molecular weight is 282 g/mol. The Balaban J connectivity index is 1.95. The molecule has 0 bridgehead atoms. The molecule has 1 unspecified atom stereocenters. The molecule has 2 N–H and O–H groups in total. The minimum absolute atomic E-state index is 0.0425. The molecule has 1 aliphatic heterocycles. The molecule has 6 heteroatoms. The van der Waals surface area contributed by atoms with Crippen molar-refractivity contribution in [2.75, 3.05) is 20.1 Å². The summed E-state index contributed by atoms with van der Waals surface area (Å²) in [6, 6.07) is 0. The molecule has 0 spiro atoms. The van der Waals surface area contributed by atoms with Crippen molar-refractivity contribution in [2.45, 2.75) is 38.5 Å². The predicted molar refractivity (Wildman–Crippen MR) is 71.9 cm³/mol. The zero-order chi connectivity index (χ0) is 14.8. The van der Waals surface area contributed by atoms with Crippen LogP contribution in [0.4, 0.5) is 0 Å². The van der Waals surface area contributed by atoms with E-state index in [1.54, 1.807) is 11.9 Å². The van der Waals surface area contributed by atoms with Crippen LogP contribution in [0.2, 0.25) is 0 Å². The van der Waals surface area contributed by atoms with Crippen molar-refractivity contribution in [3.63, 3.8) is 0 Å². The monoisotopic (exact) mass is 282 g/mol. The Bertz CT molecular complexity index is 417. The number of carboxylic acid groups (broad SMARTS) is 1. The number of amides is 2. The minimum Gasteiger partial charge on any atom is -0.481 e. The van der Waals surface area contributed by atoms with Crippen molar-refractivity contribution >= 4 is 17.8 Å². The van der Waals surface area contributed by atoms with Gasteiger partial charge in [0, 0.05) is 26.6 Å². The number of carboxylic acids is 1. The summed E-state index contributed by atoms with van der Waals surface area (Å²) < 4.78 is 0. The maximum absolute atomic E-state index is 12.3. The lowest BCUT2D eigenvalue weighted by Gasteiger charge is -2.39. The van der Waals surface area contributed by atoms with Crippen molar-refractivity contribution in [1.29, 1.82) is 0 Å². The van der Waals surface area contributed by atoms with Crippen LogP contribution < -0.4 is 5.32 Å². The van der Waals surface area contributed by atoms with E-state index in [-0.39, 0.29) is 24.2 Å². The van der Waals surface area contributed by atoms with Crippen molar-refractivity contribution in [2.24, 2.45) is 11.3 Å². The average Bonchev–Trinajstić information content (AvgIpc) is 2.41. The van der Waals surface area contributed by atoms with Crippen LogP contribution in [0, 0.1) is 11.3 Å². The highest BCUT2D eigenvalue weighted by Gasteiger charge is 2.47. The van der Waals surface area contributed by atoms with Crippen LogP contribution in [0.1, 0.15) is 38.5 Å². The highest BCUT2D eigenvalue weighted by atomic mass is 16.4. The van der Waals surface area contributed by atoms with Crippen LogP contribution >= 0.6 is 0 Å². The molecule has 2 aliphatic rings. The number of likely N-dealkylation sites (tertiary alicyclic amines) is 1. The number of carbonyl (C=O) groups is 3. The van der Waals surface area contributed by atoms with Crippen LogP contribution in [0.15, 0.2) is 0 Å². The lowest BCUT2D eigenvalue weighted by molar-refractivity contribution is -0.160. The molecule has 1 heterocycles. The van der Waals surface area contributed by atoms with Crippen molar-refractivity contribution < 1.29 is 19.5 Å². The second-order valence-corrected chi connectivity index (χ2v) is 5.91. The van der Waals surface area contributed by atoms with E-state index in [0.29, 0.717) is 25.9 Å². The van der Waals surface area contributed by atoms with Gasteiger partial charge in [0.05, 0.1) is 11.3 Å². The molecule has 0 aromatic heterocycles. The molecule has 0 aromatic rings. The minimum atomic E-state index is -0.864. The zero-order valence-electron chi connectivity index (χ0n) is 11.9. The first-order valence-corrected chi connectivity index (χ1v) is 7.21. The summed E-state index contributed by atoms with van der Waals surface area (Å²) >= 11 is 0. The van der Waals surface area contributed by atoms with Gasteiger partial charge in [-0.05, 0) is 25.7 Å². The maximum Gasteiger partial charge on any atom is 0.310 e. The second kappa shape index (κ2) is 5.81. The van der Waals surface area contributed by atoms with E-state index in [2.05, 4.69) is 5.32 Å². The van der Waals surface area contributed by atoms with E-state index in [4.69, 9.17) is 0 Å². The number of piperidine rings is 1. The van der Waals surface area contributed by atoms with Gasteiger partial charge in [-0.2, -0.15) is 0 Å². The van der Waals surface area contributed by atoms with Crippen LogP contribution in [0.25, 0.3) is 0 Å². The molecule has 0 aromatic carbocycles. The summed E-state index contributed by atoms with van der Waals surface area (Å²) in [6.07, 6.45) is 3.70. The van der Waals surface area contributed by atoms with Crippen LogP contribution in [0.5, 0.6) is 0 Å². The maximum atomic E-state index is 12.3.